The van der Waals surface area contributed by atoms with E-state index >= 15 is 0 Å². The van der Waals surface area contributed by atoms with Gasteiger partial charge in [-0.2, -0.15) is 0 Å². The lowest BCUT2D eigenvalue weighted by atomic mass is 10.0. The first-order valence-electron chi connectivity index (χ1n) is 9.55. The number of benzene rings is 2. The van der Waals surface area contributed by atoms with E-state index in [0.29, 0.717) is 5.75 Å². The molecule has 1 N–H and O–H groups in total. The molecule has 1 amide bonds. The predicted octanol–water partition coefficient (Wildman–Crippen LogP) is 4.63. The zero-order chi connectivity index (χ0) is 19.9. The van der Waals surface area contributed by atoms with Crippen LogP contribution < -0.4 is 5.32 Å². The molecule has 0 bridgehead atoms. The third-order valence-electron chi connectivity index (χ3n) is 4.60. The van der Waals surface area contributed by atoms with Gasteiger partial charge in [0.2, 0.25) is 5.91 Å². The first kappa shape index (κ1) is 20.1. The molecular formula is C22H26N4OS. The minimum absolute atomic E-state index is 0.00397. The number of carbonyl (C=O) groups is 1. The second kappa shape index (κ2) is 9.55. The summed E-state index contributed by atoms with van der Waals surface area (Å²) in [7, 11) is 0. The number of amides is 1. The molecule has 1 atom stereocenters. The molecule has 1 heterocycles. The fourth-order valence-corrected chi connectivity index (χ4v) is 3.99. The van der Waals surface area contributed by atoms with Crippen molar-refractivity contribution in [1.29, 1.82) is 0 Å². The lowest BCUT2D eigenvalue weighted by Gasteiger charge is -2.18. The highest BCUT2D eigenvalue weighted by atomic mass is 32.2. The van der Waals surface area contributed by atoms with Crippen LogP contribution in [-0.4, -0.2) is 26.4 Å². The van der Waals surface area contributed by atoms with Crippen LogP contribution in [0.5, 0.6) is 0 Å². The lowest BCUT2D eigenvalue weighted by molar-refractivity contribution is -0.119. The summed E-state index contributed by atoms with van der Waals surface area (Å²) >= 11 is 1.41. The van der Waals surface area contributed by atoms with E-state index < -0.39 is 0 Å². The number of hydrogen-bond donors (Lipinski definition) is 1. The molecule has 2 aromatic carbocycles. The zero-order valence-corrected chi connectivity index (χ0v) is 17.4. The normalized spacial score (nSPS) is 12.0. The Bertz CT molecular complexity index is 923. The Morgan fingerprint density at radius 3 is 2.50 bits per heavy atom. The largest absolute Gasteiger partial charge is 0.349 e. The van der Waals surface area contributed by atoms with Gasteiger partial charge in [0.25, 0.3) is 0 Å². The molecule has 1 aromatic heterocycles. The third kappa shape index (κ3) is 4.81. The van der Waals surface area contributed by atoms with E-state index in [9.17, 15) is 4.79 Å². The Balaban J connectivity index is 1.69. The van der Waals surface area contributed by atoms with Crippen LogP contribution in [0.15, 0.2) is 59.8 Å². The fourth-order valence-electron chi connectivity index (χ4n) is 3.19. The molecule has 0 saturated carbocycles. The van der Waals surface area contributed by atoms with E-state index in [2.05, 4.69) is 47.6 Å². The smallest absolute Gasteiger partial charge is 0.230 e. The maximum Gasteiger partial charge on any atom is 0.230 e. The fraction of sp³-hybridized carbons (Fsp3) is 0.318. The van der Waals surface area contributed by atoms with Crippen molar-refractivity contribution in [3.05, 3.63) is 71.5 Å². The summed E-state index contributed by atoms with van der Waals surface area (Å²) in [4.78, 5) is 12.6. The van der Waals surface area contributed by atoms with Crippen molar-refractivity contribution in [2.45, 2.75) is 44.8 Å². The second-order valence-corrected chi connectivity index (χ2v) is 7.70. The number of aryl methyl sites for hydroxylation is 2. The van der Waals surface area contributed by atoms with Crippen LogP contribution in [0, 0.1) is 13.8 Å². The van der Waals surface area contributed by atoms with Crippen molar-refractivity contribution < 1.29 is 4.79 Å². The standard InChI is InChI=1S/C22H26N4OS/c1-4-10-19(18-12-6-5-7-13-18)23-21(27)15-28-22-25-24-17(3)26(22)20-14-9-8-11-16(20)2/h5-9,11-14,19H,4,10,15H2,1-3H3,(H,23,27)/t19-/m0/s1. The molecule has 0 aliphatic heterocycles. The number of aromatic nitrogens is 3. The summed E-state index contributed by atoms with van der Waals surface area (Å²) in [5.74, 6) is 1.12. The number of carbonyl (C=O) groups excluding carboxylic acids is 1. The predicted molar refractivity (Wildman–Crippen MR) is 114 cm³/mol. The van der Waals surface area contributed by atoms with Crippen LogP contribution in [0.1, 0.15) is 42.8 Å². The van der Waals surface area contributed by atoms with Gasteiger partial charge in [0.05, 0.1) is 17.5 Å². The van der Waals surface area contributed by atoms with Crippen molar-refractivity contribution in [1.82, 2.24) is 20.1 Å². The summed E-state index contributed by atoms with van der Waals surface area (Å²) in [5.41, 5.74) is 3.33. The molecule has 0 spiro atoms. The summed E-state index contributed by atoms with van der Waals surface area (Å²) in [5, 5.41) is 12.4. The minimum Gasteiger partial charge on any atom is -0.349 e. The highest BCUT2D eigenvalue weighted by Gasteiger charge is 2.17. The maximum absolute atomic E-state index is 12.6. The van der Waals surface area contributed by atoms with Crippen LogP contribution in [0.4, 0.5) is 0 Å². The lowest BCUT2D eigenvalue weighted by Crippen LogP contribution is -2.30. The van der Waals surface area contributed by atoms with E-state index in [1.165, 1.54) is 11.8 Å². The molecular weight excluding hydrogens is 368 g/mol. The second-order valence-electron chi connectivity index (χ2n) is 6.76. The maximum atomic E-state index is 12.6. The average molecular weight is 395 g/mol. The number of rotatable bonds is 8. The van der Waals surface area contributed by atoms with Crippen LogP contribution in [0.25, 0.3) is 5.69 Å². The number of para-hydroxylation sites is 1. The van der Waals surface area contributed by atoms with Crippen molar-refractivity contribution in [3.8, 4) is 5.69 Å². The van der Waals surface area contributed by atoms with E-state index in [-0.39, 0.29) is 11.9 Å². The van der Waals surface area contributed by atoms with Gasteiger partial charge in [-0.15, -0.1) is 10.2 Å². The number of hydrogen-bond acceptors (Lipinski definition) is 4. The summed E-state index contributed by atoms with van der Waals surface area (Å²) in [6.07, 6.45) is 1.92. The molecule has 0 saturated heterocycles. The molecule has 28 heavy (non-hydrogen) atoms. The van der Waals surface area contributed by atoms with Crippen LogP contribution in [0.3, 0.4) is 0 Å². The van der Waals surface area contributed by atoms with Crippen molar-refractivity contribution >= 4 is 17.7 Å². The molecule has 5 nitrogen and oxygen atoms in total. The topological polar surface area (TPSA) is 59.8 Å². The Morgan fingerprint density at radius 1 is 1.07 bits per heavy atom. The molecule has 0 radical (unpaired) electrons. The van der Waals surface area contributed by atoms with Gasteiger partial charge in [-0.25, -0.2) is 0 Å². The summed E-state index contributed by atoms with van der Waals surface area (Å²) in [6.45, 7) is 6.12. The Labute approximate surface area is 170 Å². The van der Waals surface area contributed by atoms with E-state index in [1.54, 1.807) is 0 Å². The molecule has 0 aliphatic rings. The number of nitrogens with zero attached hydrogens (tertiary/aromatic N) is 3. The average Bonchev–Trinajstić information content (AvgIpc) is 3.07. The van der Waals surface area contributed by atoms with Crippen LogP contribution >= 0.6 is 11.8 Å². The number of nitrogens with one attached hydrogen (secondary N) is 1. The third-order valence-corrected chi connectivity index (χ3v) is 5.53. The highest BCUT2D eigenvalue weighted by Crippen LogP contribution is 2.24. The molecule has 0 unspecified atom stereocenters. The monoisotopic (exact) mass is 394 g/mol. The van der Waals surface area contributed by atoms with Gasteiger partial charge in [0, 0.05) is 0 Å². The first-order chi connectivity index (χ1) is 13.6. The minimum atomic E-state index is 0.00397. The molecule has 0 fully saturated rings. The van der Waals surface area contributed by atoms with Gasteiger partial charge < -0.3 is 5.32 Å². The van der Waals surface area contributed by atoms with Gasteiger partial charge in [0.15, 0.2) is 5.16 Å². The Hall–Kier alpha value is -2.60. The quantitative estimate of drug-likeness (QED) is 0.566. The van der Waals surface area contributed by atoms with Gasteiger partial charge >= 0.3 is 0 Å². The summed E-state index contributed by atoms with van der Waals surface area (Å²) < 4.78 is 2.01. The van der Waals surface area contributed by atoms with Crippen molar-refractivity contribution in [3.63, 3.8) is 0 Å². The Morgan fingerprint density at radius 2 is 1.79 bits per heavy atom. The molecule has 6 heteroatoms. The van der Waals surface area contributed by atoms with Gasteiger partial charge in [-0.3, -0.25) is 9.36 Å². The highest BCUT2D eigenvalue weighted by molar-refractivity contribution is 7.99. The van der Waals surface area contributed by atoms with Gasteiger partial charge in [-0.05, 0) is 37.5 Å². The van der Waals surface area contributed by atoms with Gasteiger partial charge in [-0.1, -0.05) is 73.6 Å². The number of thioether (sulfide) groups is 1. The van der Waals surface area contributed by atoms with E-state index in [0.717, 1.165) is 40.6 Å². The van der Waals surface area contributed by atoms with Gasteiger partial charge in [0.1, 0.15) is 5.82 Å². The molecule has 146 valence electrons. The van der Waals surface area contributed by atoms with Crippen molar-refractivity contribution in [2.75, 3.05) is 5.75 Å². The SMILES string of the molecule is CCC[C@H](NC(=O)CSc1nnc(C)n1-c1ccccc1C)c1ccccc1. The van der Waals surface area contributed by atoms with Crippen LogP contribution in [0.2, 0.25) is 0 Å². The summed E-state index contributed by atoms with van der Waals surface area (Å²) in [6, 6.07) is 18.3. The molecule has 0 aliphatic carbocycles. The van der Waals surface area contributed by atoms with E-state index in [4.69, 9.17) is 0 Å². The Kier molecular flexibility index (Phi) is 6.87. The molecule has 3 aromatic rings. The van der Waals surface area contributed by atoms with Crippen LogP contribution in [-0.2, 0) is 4.79 Å². The zero-order valence-electron chi connectivity index (χ0n) is 16.6. The molecule has 3 rings (SSSR count). The van der Waals surface area contributed by atoms with Crippen molar-refractivity contribution in [2.24, 2.45) is 0 Å². The van der Waals surface area contributed by atoms with E-state index in [1.807, 2.05) is 47.9 Å². The first-order valence-corrected chi connectivity index (χ1v) is 10.5.